The number of aromatic nitrogens is 2. The monoisotopic (exact) mass is 221 g/mol. The van der Waals surface area contributed by atoms with Crippen molar-refractivity contribution >= 4 is 0 Å². The molecule has 1 aromatic heterocycles. The van der Waals surface area contributed by atoms with Crippen LogP contribution in [0.2, 0.25) is 0 Å². The van der Waals surface area contributed by atoms with E-state index in [1.165, 1.54) is 12.8 Å². The number of nitrogens with two attached hydrogens (primary N) is 1. The SMILES string of the molecule is COc1nccnc1C(N)C1(C)CCCC1. The minimum atomic E-state index is -0.0846. The zero-order valence-corrected chi connectivity index (χ0v) is 9.94. The lowest BCUT2D eigenvalue weighted by atomic mass is 9.79. The van der Waals surface area contributed by atoms with Crippen LogP contribution < -0.4 is 10.5 Å². The third-order valence-corrected chi connectivity index (χ3v) is 3.68. The summed E-state index contributed by atoms with van der Waals surface area (Å²) >= 11 is 0. The Morgan fingerprint density at radius 2 is 1.94 bits per heavy atom. The van der Waals surface area contributed by atoms with E-state index in [4.69, 9.17) is 10.5 Å². The van der Waals surface area contributed by atoms with E-state index in [9.17, 15) is 0 Å². The number of rotatable bonds is 3. The second-order valence-corrected chi connectivity index (χ2v) is 4.79. The molecule has 0 amide bonds. The predicted octanol–water partition coefficient (Wildman–Crippen LogP) is 2.07. The summed E-state index contributed by atoms with van der Waals surface area (Å²) in [5.74, 6) is 0.558. The zero-order valence-electron chi connectivity index (χ0n) is 9.94. The van der Waals surface area contributed by atoms with Gasteiger partial charge >= 0.3 is 0 Å². The van der Waals surface area contributed by atoms with Gasteiger partial charge in [-0.1, -0.05) is 19.8 Å². The topological polar surface area (TPSA) is 61.0 Å². The van der Waals surface area contributed by atoms with Crippen molar-refractivity contribution in [3.63, 3.8) is 0 Å². The van der Waals surface area contributed by atoms with Crippen LogP contribution in [-0.2, 0) is 0 Å². The number of methoxy groups -OCH3 is 1. The molecule has 2 N–H and O–H groups in total. The van der Waals surface area contributed by atoms with Crippen molar-refractivity contribution in [2.45, 2.75) is 38.6 Å². The molecule has 88 valence electrons. The molecule has 4 nitrogen and oxygen atoms in total. The first-order valence-corrected chi connectivity index (χ1v) is 5.78. The van der Waals surface area contributed by atoms with Gasteiger partial charge in [-0.25, -0.2) is 4.98 Å². The minimum absolute atomic E-state index is 0.0846. The molecule has 0 spiro atoms. The van der Waals surface area contributed by atoms with Crippen molar-refractivity contribution in [3.8, 4) is 5.88 Å². The lowest BCUT2D eigenvalue weighted by Gasteiger charge is -2.30. The van der Waals surface area contributed by atoms with Crippen molar-refractivity contribution in [2.24, 2.45) is 11.1 Å². The number of nitrogens with zero attached hydrogens (tertiary/aromatic N) is 2. The van der Waals surface area contributed by atoms with Crippen LogP contribution in [0.15, 0.2) is 12.4 Å². The quantitative estimate of drug-likeness (QED) is 0.848. The van der Waals surface area contributed by atoms with E-state index < -0.39 is 0 Å². The highest BCUT2D eigenvalue weighted by Crippen LogP contribution is 2.46. The molecule has 1 unspecified atom stereocenters. The molecule has 1 atom stereocenters. The van der Waals surface area contributed by atoms with Crippen LogP contribution >= 0.6 is 0 Å². The van der Waals surface area contributed by atoms with Crippen LogP contribution in [0, 0.1) is 5.41 Å². The molecule has 1 saturated carbocycles. The Kier molecular flexibility index (Phi) is 3.10. The molecular weight excluding hydrogens is 202 g/mol. The van der Waals surface area contributed by atoms with Crippen molar-refractivity contribution in [3.05, 3.63) is 18.1 Å². The van der Waals surface area contributed by atoms with Crippen LogP contribution in [-0.4, -0.2) is 17.1 Å². The van der Waals surface area contributed by atoms with E-state index >= 15 is 0 Å². The fraction of sp³-hybridized carbons (Fsp3) is 0.667. The van der Waals surface area contributed by atoms with Crippen LogP contribution in [0.3, 0.4) is 0 Å². The maximum absolute atomic E-state index is 6.33. The van der Waals surface area contributed by atoms with Gasteiger partial charge in [0.1, 0.15) is 5.69 Å². The number of hydrogen-bond acceptors (Lipinski definition) is 4. The summed E-state index contributed by atoms with van der Waals surface area (Å²) in [5.41, 5.74) is 7.26. The third-order valence-electron chi connectivity index (χ3n) is 3.68. The average Bonchev–Trinajstić information content (AvgIpc) is 2.76. The molecule has 0 aromatic carbocycles. The molecular formula is C12H19N3O. The molecule has 16 heavy (non-hydrogen) atoms. The number of ether oxygens (including phenoxy) is 1. The minimum Gasteiger partial charge on any atom is -0.480 e. The first-order valence-electron chi connectivity index (χ1n) is 5.78. The largest absolute Gasteiger partial charge is 0.480 e. The Morgan fingerprint density at radius 3 is 2.56 bits per heavy atom. The average molecular weight is 221 g/mol. The second-order valence-electron chi connectivity index (χ2n) is 4.79. The molecule has 0 radical (unpaired) electrons. The van der Waals surface area contributed by atoms with Crippen LogP contribution in [0.25, 0.3) is 0 Å². The highest BCUT2D eigenvalue weighted by molar-refractivity contribution is 5.23. The second kappa shape index (κ2) is 4.37. The molecule has 1 aromatic rings. The number of hydrogen-bond donors (Lipinski definition) is 1. The van der Waals surface area contributed by atoms with Gasteiger partial charge in [0.15, 0.2) is 0 Å². The van der Waals surface area contributed by atoms with Crippen LogP contribution in [0.4, 0.5) is 0 Å². The standard InChI is InChI=1S/C12H19N3O/c1-12(5-3-4-6-12)10(13)9-11(16-2)15-8-7-14-9/h7-8,10H,3-6,13H2,1-2H3. The summed E-state index contributed by atoms with van der Waals surface area (Å²) in [6.07, 6.45) is 8.14. The summed E-state index contributed by atoms with van der Waals surface area (Å²) in [6.45, 7) is 2.23. The lowest BCUT2D eigenvalue weighted by Crippen LogP contribution is -2.30. The predicted molar refractivity (Wildman–Crippen MR) is 62.1 cm³/mol. The third kappa shape index (κ3) is 1.89. The Morgan fingerprint density at radius 1 is 1.31 bits per heavy atom. The van der Waals surface area contributed by atoms with Crippen LogP contribution in [0.1, 0.15) is 44.3 Å². The highest BCUT2D eigenvalue weighted by Gasteiger charge is 2.37. The Hall–Kier alpha value is -1.16. The van der Waals surface area contributed by atoms with Crippen molar-refractivity contribution in [1.29, 1.82) is 0 Å². The molecule has 1 aliphatic rings. The van der Waals surface area contributed by atoms with Crippen LogP contribution in [0.5, 0.6) is 5.88 Å². The smallest absolute Gasteiger partial charge is 0.237 e. The molecule has 1 fully saturated rings. The van der Waals surface area contributed by atoms with Gasteiger partial charge in [-0.3, -0.25) is 4.98 Å². The van der Waals surface area contributed by atoms with E-state index in [0.29, 0.717) is 5.88 Å². The zero-order chi connectivity index (χ0) is 11.6. The molecule has 0 saturated heterocycles. The molecule has 1 heterocycles. The summed E-state index contributed by atoms with van der Waals surface area (Å²) in [6, 6.07) is -0.0846. The van der Waals surface area contributed by atoms with Gasteiger partial charge in [-0.2, -0.15) is 0 Å². The summed E-state index contributed by atoms with van der Waals surface area (Å²) in [4.78, 5) is 8.48. The molecule has 4 heteroatoms. The first kappa shape index (κ1) is 11.3. The van der Waals surface area contributed by atoms with E-state index in [0.717, 1.165) is 18.5 Å². The molecule has 2 rings (SSSR count). The van der Waals surface area contributed by atoms with Crippen molar-refractivity contribution in [2.75, 3.05) is 7.11 Å². The van der Waals surface area contributed by atoms with Gasteiger partial charge in [-0.15, -0.1) is 0 Å². The Balaban J connectivity index is 2.29. The molecule has 1 aliphatic carbocycles. The van der Waals surface area contributed by atoms with Crippen molar-refractivity contribution in [1.82, 2.24) is 9.97 Å². The van der Waals surface area contributed by atoms with Gasteiger partial charge in [-0.05, 0) is 18.3 Å². The van der Waals surface area contributed by atoms with E-state index in [-0.39, 0.29) is 11.5 Å². The molecule has 0 bridgehead atoms. The Labute approximate surface area is 96.2 Å². The summed E-state index contributed by atoms with van der Waals surface area (Å²) in [7, 11) is 1.61. The summed E-state index contributed by atoms with van der Waals surface area (Å²) in [5, 5.41) is 0. The van der Waals surface area contributed by atoms with E-state index in [1.807, 2.05) is 0 Å². The maximum atomic E-state index is 6.33. The van der Waals surface area contributed by atoms with Gasteiger partial charge in [0.25, 0.3) is 0 Å². The maximum Gasteiger partial charge on any atom is 0.237 e. The molecule has 0 aliphatic heterocycles. The van der Waals surface area contributed by atoms with Gasteiger partial charge < -0.3 is 10.5 Å². The van der Waals surface area contributed by atoms with Gasteiger partial charge in [0.05, 0.1) is 13.2 Å². The normalized spacial score (nSPS) is 20.7. The van der Waals surface area contributed by atoms with Gasteiger partial charge in [0, 0.05) is 12.4 Å². The first-order chi connectivity index (χ1) is 7.67. The Bertz CT molecular complexity index is 361. The fourth-order valence-corrected chi connectivity index (χ4v) is 2.53. The lowest BCUT2D eigenvalue weighted by molar-refractivity contribution is 0.252. The van der Waals surface area contributed by atoms with Crippen molar-refractivity contribution < 1.29 is 4.74 Å². The fourth-order valence-electron chi connectivity index (χ4n) is 2.53. The highest BCUT2D eigenvalue weighted by atomic mass is 16.5. The van der Waals surface area contributed by atoms with E-state index in [2.05, 4.69) is 16.9 Å². The van der Waals surface area contributed by atoms with E-state index in [1.54, 1.807) is 19.5 Å². The summed E-state index contributed by atoms with van der Waals surface area (Å²) < 4.78 is 5.22. The van der Waals surface area contributed by atoms with Gasteiger partial charge in [0.2, 0.25) is 5.88 Å².